The minimum Gasteiger partial charge on any atom is -0.457 e. The van der Waals surface area contributed by atoms with E-state index in [0.29, 0.717) is 5.76 Å². The van der Waals surface area contributed by atoms with E-state index < -0.39 is 0 Å². The molecule has 0 saturated carbocycles. The molecule has 0 amide bonds. The highest BCUT2D eigenvalue weighted by atomic mass is 16.5. The molecule has 23 heavy (non-hydrogen) atoms. The molecule has 2 heteroatoms. The fraction of sp³-hybridized carbons (Fsp3) is 0.429. The Balaban J connectivity index is 1.86. The van der Waals surface area contributed by atoms with Crippen LogP contribution in [0.5, 0.6) is 5.75 Å². The van der Waals surface area contributed by atoms with Gasteiger partial charge in [0.15, 0.2) is 0 Å². The van der Waals surface area contributed by atoms with E-state index in [1.54, 1.807) is 0 Å². The Morgan fingerprint density at radius 2 is 2.04 bits per heavy atom. The van der Waals surface area contributed by atoms with Gasteiger partial charge in [-0.15, -0.1) is 0 Å². The van der Waals surface area contributed by atoms with Crippen LogP contribution in [0, 0.1) is 5.41 Å². The molecule has 0 radical (unpaired) electrons. The van der Waals surface area contributed by atoms with Crippen LogP contribution in [0.1, 0.15) is 55.9 Å². The van der Waals surface area contributed by atoms with Gasteiger partial charge in [-0.05, 0) is 66.0 Å². The Labute approximate surface area is 139 Å². The van der Waals surface area contributed by atoms with Gasteiger partial charge in [0, 0.05) is 17.8 Å². The fourth-order valence-electron chi connectivity index (χ4n) is 3.55. The van der Waals surface area contributed by atoms with E-state index >= 15 is 0 Å². The molecule has 1 N–H and O–H groups in total. The molecule has 1 heterocycles. The third-order valence-electron chi connectivity index (χ3n) is 4.46. The molecule has 1 aromatic rings. The number of aryl methyl sites for hydroxylation is 1. The molecule has 0 aromatic heterocycles. The second-order valence-corrected chi connectivity index (χ2v) is 7.85. The molecule has 0 unspecified atom stereocenters. The Bertz CT molecular complexity index is 689. The smallest absolute Gasteiger partial charge is 0.135 e. The SMILES string of the molecule is C=C(CC(C)(C)C)NCc1c2c(cc3c1CCC3)OC(=C)C=C2. The zero-order chi connectivity index (χ0) is 16.6. The predicted molar refractivity (Wildman–Crippen MR) is 97.3 cm³/mol. The second-order valence-electron chi connectivity index (χ2n) is 7.85. The number of hydrogen-bond acceptors (Lipinski definition) is 2. The largest absolute Gasteiger partial charge is 0.457 e. The van der Waals surface area contributed by atoms with Crippen LogP contribution >= 0.6 is 0 Å². The molecule has 3 rings (SSSR count). The summed E-state index contributed by atoms with van der Waals surface area (Å²) < 4.78 is 5.85. The van der Waals surface area contributed by atoms with Crippen LogP contribution in [0.15, 0.2) is 36.8 Å². The molecule has 0 fully saturated rings. The molecule has 0 bridgehead atoms. The van der Waals surface area contributed by atoms with E-state index in [4.69, 9.17) is 4.74 Å². The van der Waals surface area contributed by atoms with Crippen LogP contribution in [-0.4, -0.2) is 0 Å². The zero-order valence-corrected chi connectivity index (χ0v) is 14.6. The van der Waals surface area contributed by atoms with E-state index in [1.807, 2.05) is 6.08 Å². The van der Waals surface area contributed by atoms with Gasteiger partial charge in [0.2, 0.25) is 0 Å². The third kappa shape index (κ3) is 3.52. The Kier molecular flexibility index (Phi) is 4.09. The van der Waals surface area contributed by atoms with Crippen molar-refractivity contribution in [1.82, 2.24) is 5.32 Å². The quantitative estimate of drug-likeness (QED) is 0.832. The van der Waals surface area contributed by atoms with E-state index in [1.165, 1.54) is 35.1 Å². The molecule has 1 aromatic carbocycles. The Morgan fingerprint density at radius 3 is 2.78 bits per heavy atom. The van der Waals surface area contributed by atoms with Gasteiger partial charge in [-0.2, -0.15) is 0 Å². The van der Waals surface area contributed by atoms with E-state index in [0.717, 1.165) is 30.8 Å². The van der Waals surface area contributed by atoms with E-state index in [-0.39, 0.29) is 5.41 Å². The summed E-state index contributed by atoms with van der Waals surface area (Å²) in [6.07, 6.45) is 8.63. The topological polar surface area (TPSA) is 21.3 Å². The first-order valence-corrected chi connectivity index (χ1v) is 8.47. The summed E-state index contributed by atoms with van der Waals surface area (Å²) in [7, 11) is 0. The second kappa shape index (κ2) is 5.92. The Hall–Kier alpha value is -1.96. The maximum atomic E-state index is 5.85. The lowest BCUT2D eigenvalue weighted by Gasteiger charge is -2.24. The average Bonchev–Trinajstić information content (AvgIpc) is 2.89. The fourth-order valence-corrected chi connectivity index (χ4v) is 3.55. The summed E-state index contributed by atoms with van der Waals surface area (Å²) in [4.78, 5) is 0. The minimum atomic E-state index is 0.253. The summed E-state index contributed by atoms with van der Waals surface area (Å²) in [5, 5.41) is 3.54. The molecule has 0 saturated heterocycles. The van der Waals surface area contributed by atoms with Crippen molar-refractivity contribution in [2.24, 2.45) is 5.41 Å². The molecular weight excluding hydrogens is 282 g/mol. The third-order valence-corrected chi connectivity index (χ3v) is 4.46. The van der Waals surface area contributed by atoms with Gasteiger partial charge in [0.1, 0.15) is 11.5 Å². The van der Waals surface area contributed by atoms with Crippen LogP contribution in [0.4, 0.5) is 0 Å². The summed E-state index contributed by atoms with van der Waals surface area (Å²) in [6, 6.07) is 2.21. The molecule has 0 spiro atoms. The first-order valence-electron chi connectivity index (χ1n) is 8.47. The van der Waals surface area contributed by atoms with Gasteiger partial charge in [0.05, 0.1) is 0 Å². The van der Waals surface area contributed by atoms with Crippen molar-refractivity contribution in [3.63, 3.8) is 0 Å². The van der Waals surface area contributed by atoms with Gasteiger partial charge in [-0.1, -0.05) is 33.9 Å². The average molecular weight is 309 g/mol. The highest BCUT2D eigenvalue weighted by Gasteiger charge is 2.23. The van der Waals surface area contributed by atoms with Crippen LogP contribution in [0.25, 0.3) is 6.08 Å². The molecular formula is C21H27NO. The van der Waals surface area contributed by atoms with Crippen molar-refractivity contribution in [3.8, 4) is 5.75 Å². The standard InChI is InChI=1S/C21H27NO/c1-14(12-21(3,4)5)22-13-19-17-8-6-7-16(17)11-20-18(19)10-9-15(2)23-20/h9-11,22H,1-2,6-8,12-13H2,3-5H3. The lowest BCUT2D eigenvalue weighted by Crippen LogP contribution is -2.19. The lowest BCUT2D eigenvalue weighted by molar-refractivity contribution is 0.398. The van der Waals surface area contributed by atoms with Crippen molar-refractivity contribution >= 4 is 6.08 Å². The number of nitrogens with one attached hydrogen (secondary N) is 1. The van der Waals surface area contributed by atoms with E-state index in [9.17, 15) is 0 Å². The maximum Gasteiger partial charge on any atom is 0.135 e. The van der Waals surface area contributed by atoms with Gasteiger partial charge < -0.3 is 10.1 Å². The van der Waals surface area contributed by atoms with Crippen molar-refractivity contribution in [2.75, 3.05) is 0 Å². The summed E-state index contributed by atoms with van der Waals surface area (Å²) >= 11 is 0. The first kappa shape index (κ1) is 15.9. The maximum absolute atomic E-state index is 5.85. The van der Waals surface area contributed by atoms with Crippen molar-refractivity contribution in [1.29, 1.82) is 0 Å². The number of rotatable bonds is 4. The van der Waals surface area contributed by atoms with Crippen molar-refractivity contribution in [3.05, 3.63) is 59.0 Å². The van der Waals surface area contributed by atoms with Gasteiger partial charge in [0.25, 0.3) is 0 Å². The number of benzene rings is 1. The highest BCUT2D eigenvalue weighted by molar-refractivity contribution is 5.69. The molecule has 2 aliphatic rings. The molecule has 1 aliphatic heterocycles. The van der Waals surface area contributed by atoms with Gasteiger partial charge in [-0.3, -0.25) is 0 Å². The molecule has 0 atom stereocenters. The number of fused-ring (bicyclic) bond motifs is 2. The number of allylic oxidation sites excluding steroid dienone is 2. The van der Waals surface area contributed by atoms with Crippen molar-refractivity contribution in [2.45, 2.75) is 53.0 Å². The minimum absolute atomic E-state index is 0.253. The number of ether oxygens (including phenoxy) is 1. The van der Waals surface area contributed by atoms with Crippen molar-refractivity contribution < 1.29 is 4.74 Å². The molecule has 2 nitrogen and oxygen atoms in total. The molecule has 122 valence electrons. The normalized spacial score (nSPS) is 15.9. The first-order chi connectivity index (χ1) is 10.8. The molecule has 1 aliphatic carbocycles. The number of hydrogen-bond donors (Lipinski definition) is 1. The highest BCUT2D eigenvalue weighted by Crippen LogP contribution is 2.38. The lowest BCUT2D eigenvalue weighted by atomic mass is 9.90. The van der Waals surface area contributed by atoms with Gasteiger partial charge >= 0.3 is 0 Å². The predicted octanol–water partition coefficient (Wildman–Crippen LogP) is 5.13. The monoisotopic (exact) mass is 309 g/mol. The summed E-state index contributed by atoms with van der Waals surface area (Å²) in [6.45, 7) is 15.7. The summed E-state index contributed by atoms with van der Waals surface area (Å²) in [5.41, 5.74) is 6.86. The van der Waals surface area contributed by atoms with Gasteiger partial charge in [-0.25, -0.2) is 0 Å². The van der Waals surface area contributed by atoms with Crippen LogP contribution < -0.4 is 10.1 Å². The Morgan fingerprint density at radius 1 is 1.26 bits per heavy atom. The van der Waals surface area contributed by atoms with Crippen LogP contribution in [0.3, 0.4) is 0 Å². The van der Waals surface area contributed by atoms with E-state index in [2.05, 4.69) is 51.4 Å². The summed E-state index contributed by atoms with van der Waals surface area (Å²) in [5.74, 6) is 1.67. The van der Waals surface area contributed by atoms with Crippen LogP contribution in [0.2, 0.25) is 0 Å². The van der Waals surface area contributed by atoms with Crippen LogP contribution in [-0.2, 0) is 19.4 Å². The zero-order valence-electron chi connectivity index (χ0n) is 14.6.